The minimum Gasteiger partial charge on any atom is -0.497 e. The predicted molar refractivity (Wildman–Crippen MR) is 112 cm³/mol. The van der Waals surface area contributed by atoms with E-state index in [1.165, 1.54) is 0 Å². The van der Waals surface area contributed by atoms with Gasteiger partial charge in [0.1, 0.15) is 18.1 Å². The van der Waals surface area contributed by atoms with Crippen LogP contribution < -0.4 is 14.8 Å². The van der Waals surface area contributed by atoms with E-state index < -0.39 is 5.97 Å². The Morgan fingerprint density at radius 1 is 1.04 bits per heavy atom. The number of carbonyl (C=O) groups is 1. The number of carboxylic acid groups (broad SMARTS) is 1. The van der Waals surface area contributed by atoms with E-state index >= 15 is 0 Å². The summed E-state index contributed by atoms with van der Waals surface area (Å²) in [5.41, 5.74) is 3.15. The zero-order valence-corrected chi connectivity index (χ0v) is 16.9. The zero-order chi connectivity index (χ0) is 19.9. The van der Waals surface area contributed by atoms with Crippen LogP contribution in [0.1, 0.15) is 21.5 Å². The van der Waals surface area contributed by atoms with Gasteiger partial charge in [0.05, 0.1) is 12.7 Å². The molecule has 0 bridgehead atoms. The van der Waals surface area contributed by atoms with Gasteiger partial charge in [-0.15, -0.1) is 0 Å². The molecule has 0 radical (unpaired) electrons. The van der Waals surface area contributed by atoms with Gasteiger partial charge in [-0.25, -0.2) is 4.79 Å². The number of aromatic carboxylic acids is 1. The third-order valence-corrected chi connectivity index (χ3v) is 4.68. The second-order valence-electron chi connectivity index (χ2n) is 6.12. The summed E-state index contributed by atoms with van der Waals surface area (Å²) in [6.07, 6.45) is 0. The molecule has 28 heavy (non-hydrogen) atoms. The number of halogens is 1. The molecular weight excluding hydrogens is 422 g/mol. The van der Waals surface area contributed by atoms with Crippen LogP contribution in [0, 0.1) is 0 Å². The lowest BCUT2D eigenvalue weighted by atomic mass is 10.1. The average molecular weight is 442 g/mol. The zero-order valence-electron chi connectivity index (χ0n) is 15.3. The van der Waals surface area contributed by atoms with Crippen molar-refractivity contribution in [3.8, 4) is 11.5 Å². The molecule has 0 aliphatic rings. The Morgan fingerprint density at radius 2 is 1.75 bits per heavy atom. The van der Waals surface area contributed by atoms with E-state index in [1.54, 1.807) is 31.4 Å². The monoisotopic (exact) mass is 441 g/mol. The summed E-state index contributed by atoms with van der Waals surface area (Å²) in [7, 11) is 1.64. The third kappa shape index (κ3) is 5.27. The van der Waals surface area contributed by atoms with Gasteiger partial charge in [0.25, 0.3) is 0 Å². The fraction of sp³-hybridized carbons (Fsp3) is 0.136. The van der Waals surface area contributed by atoms with Crippen molar-refractivity contribution in [2.45, 2.75) is 13.2 Å². The molecule has 3 rings (SSSR count). The molecule has 0 saturated heterocycles. The molecule has 0 amide bonds. The highest BCUT2D eigenvalue weighted by Gasteiger charge is 2.07. The van der Waals surface area contributed by atoms with Gasteiger partial charge in [-0.3, -0.25) is 0 Å². The first-order valence-electron chi connectivity index (χ1n) is 8.66. The van der Waals surface area contributed by atoms with Gasteiger partial charge in [-0.05, 0) is 60.2 Å². The van der Waals surface area contributed by atoms with Crippen LogP contribution in [0.2, 0.25) is 0 Å². The van der Waals surface area contributed by atoms with Gasteiger partial charge in [0, 0.05) is 22.3 Å². The van der Waals surface area contributed by atoms with E-state index in [-0.39, 0.29) is 5.56 Å². The Labute approximate surface area is 172 Å². The lowest BCUT2D eigenvalue weighted by molar-refractivity contribution is 0.0697. The van der Waals surface area contributed by atoms with Crippen molar-refractivity contribution in [2.24, 2.45) is 0 Å². The number of anilines is 1. The second kappa shape index (κ2) is 9.28. The molecule has 0 heterocycles. The number of benzene rings is 3. The van der Waals surface area contributed by atoms with Crippen LogP contribution in [0.5, 0.6) is 11.5 Å². The molecule has 0 aromatic heterocycles. The Kier molecular flexibility index (Phi) is 6.55. The molecule has 0 aliphatic heterocycles. The van der Waals surface area contributed by atoms with Crippen LogP contribution in [-0.2, 0) is 13.2 Å². The number of carboxylic acids is 1. The molecule has 0 spiro atoms. The second-order valence-corrected chi connectivity index (χ2v) is 7.04. The first-order chi connectivity index (χ1) is 13.5. The Bertz CT molecular complexity index is 940. The first-order valence-corrected chi connectivity index (χ1v) is 9.46. The number of nitrogens with one attached hydrogen (secondary N) is 1. The molecule has 0 saturated carbocycles. The number of methoxy groups -OCH3 is 1. The Hall–Kier alpha value is -2.99. The van der Waals surface area contributed by atoms with Gasteiger partial charge in [-0.1, -0.05) is 28.1 Å². The lowest BCUT2D eigenvalue weighted by Crippen LogP contribution is -2.04. The highest BCUT2D eigenvalue weighted by atomic mass is 79.9. The van der Waals surface area contributed by atoms with Crippen molar-refractivity contribution in [1.29, 1.82) is 0 Å². The van der Waals surface area contributed by atoms with Crippen LogP contribution >= 0.6 is 15.9 Å². The Morgan fingerprint density at radius 3 is 2.39 bits per heavy atom. The third-order valence-electron chi connectivity index (χ3n) is 4.19. The molecule has 3 aromatic rings. The number of hydrogen-bond donors (Lipinski definition) is 2. The van der Waals surface area contributed by atoms with Gasteiger partial charge in [-0.2, -0.15) is 0 Å². The van der Waals surface area contributed by atoms with Gasteiger partial charge < -0.3 is 19.9 Å². The molecule has 144 valence electrons. The molecule has 0 unspecified atom stereocenters. The molecule has 0 atom stereocenters. The molecular formula is C22H20BrNO4. The fourth-order valence-electron chi connectivity index (χ4n) is 2.64. The van der Waals surface area contributed by atoms with E-state index in [2.05, 4.69) is 21.2 Å². The quantitative estimate of drug-likeness (QED) is 0.493. The molecule has 0 fully saturated rings. The van der Waals surface area contributed by atoms with E-state index in [0.717, 1.165) is 32.8 Å². The smallest absolute Gasteiger partial charge is 0.335 e. The van der Waals surface area contributed by atoms with Crippen molar-refractivity contribution in [3.63, 3.8) is 0 Å². The van der Waals surface area contributed by atoms with E-state index in [1.807, 2.05) is 42.5 Å². The van der Waals surface area contributed by atoms with Crippen molar-refractivity contribution in [3.05, 3.63) is 87.9 Å². The number of hydrogen-bond acceptors (Lipinski definition) is 4. The maximum Gasteiger partial charge on any atom is 0.335 e. The molecule has 5 nitrogen and oxygen atoms in total. The normalized spacial score (nSPS) is 10.4. The molecule has 2 N–H and O–H groups in total. The number of ether oxygens (including phenoxy) is 2. The van der Waals surface area contributed by atoms with Crippen molar-refractivity contribution < 1.29 is 19.4 Å². The maximum absolute atomic E-state index is 10.9. The average Bonchev–Trinajstić information content (AvgIpc) is 2.72. The lowest BCUT2D eigenvalue weighted by Gasteiger charge is -2.14. The van der Waals surface area contributed by atoms with Crippen LogP contribution in [0.3, 0.4) is 0 Å². The largest absolute Gasteiger partial charge is 0.497 e. The van der Waals surface area contributed by atoms with Crippen LogP contribution in [0.15, 0.2) is 71.2 Å². The van der Waals surface area contributed by atoms with E-state index in [4.69, 9.17) is 14.6 Å². The fourth-order valence-corrected chi connectivity index (χ4v) is 3.05. The summed E-state index contributed by atoms with van der Waals surface area (Å²) in [6, 6.07) is 20.3. The summed E-state index contributed by atoms with van der Waals surface area (Å²) >= 11 is 3.50. The minimum absolute atomic E-state index is 0.261. The van der Waals surface area contributed by atoms with Crippen LogP contribution in [-0.4, -0.2) is 18.2 Å². The minimum atomic E-state index is -0.938. The van der Waals surface area contributed by atoms with E-state index in [0.29, 0.717) is 13.2 Å². The molecule has 6 heteroatoms. The summed E-state index contributed by atoms with van der Waals surface area (Å²) in [5.74, 6) is 0.643. The standard InChI is InChI=1S/C22H20BrNO4/c1-27-20-9-7-19(8-10-20)24-13-17-12-18(23)6-11-21(17)28-14-15-2-4-16(5-3-15)22(25)26/h2-12,24H,13-14H2,1H3,(H,25,26). The van der Waals surface area contributed by atoms with E-state index in [9.17, 15) is 4.79 Å². The molecule has 0 aliphatic carbocycles. The first kappa shape index (κ1) is 19.8. The SMILES string of the molecule is COc1ccc(NCc2cc(Br)ccc2OCc2ccc(C(=O)O)cc2)cc1. The summed E-state index contributed by atoms with van der Waals surface area (Å²) in [4.78, 5) is 10.9. The van der Waals surface area contributed by atoms with Gasteiger partial charge >= 0.3 is 5.97 Å². The summed E-state index contributed by atoms with van der Waals surface area (Å²) in [5, 5.41) is 12.4. The van der Waals surface area contributed by atoms with Crippen molar-refractivity contribution >= 4 is 27.6 Å². The Balaban J connectivity index is 1.66. The van der Waals surface area contributed by atoms with Gasteiger partial charge in [0.2, 0.25) is 0 Å². The van der Waals surface area contributed by atoms with Crippen molar-refractivity contribution in [2.75, 3.05) is 12.4 Å². The highest BCUT2D eigenvalue weighted by molar-refractivity contribution is 9.10. The summed E-state index contributed by atoms with van der Waals surface area (Å²) < 4.78 is 12.1. The van der Waals surface area contributed by atoms with Crippen LogP contribution in [0.25, 0.3) is 0 Å². The highest BCUT2D eigenvalue weighted by Crippen LogP contribution is 2.26. The predicted octanol–water partition coefficient (Wildman–Crippen LogP) is 5.35. The molecule has 3 aromatic carbocycles. The summed E-state index contributed by atoms with van der Waals surface area (Å²) in [6.45, 7) is 0.954. The van der Waals surface area contributed by atoms with Gasteiger partial charge in [0.15, 0.2) is 0 Å². The topological polar surface area (TPSA) is 67.8 Å². The van der Waals surface area contributed by atoms with Crippen molar-refractivity contribution in [1.82, 2.24) is 0 Å². The van der Waals surface area contributed by atoms with Crippen LogP contribution in [0.4, 0.5) is 5.69 Å². The maximum atomic E-state index is 10.9. The number of rotatable bonds is 8.